The molecule has 0 unspecified atom stereocenters. The number of rotatable bonds is 4. The summed E-state index contributed by atoms with van der Waals surface area (Å²) in [5.41, 5.74) is 0.862. The van der Waals surface area contributed by atoms with E-state index in [0.29, 0.717) is 11.0 Å². The van der Waals surface area contributed by atoms with E-state index in [-0.39, 0.29) is 18.4 Å². The van der Waals surface area contributed by atoms with Crippen molar-refractivity contribution in [1.82, 2.24) is 15.3 Å². The molecule has 0 aliphatic heterocycles. The first-order chi connectivity index (χ1) is 7.97. The molecule has 1 heterocycles. The average molecular weight is 257 g/mol. The van der Waals surface area contributed by atoms with Gasteiger partial charge < -0.3 is 10.2 Å². The second-order valence-electron chi connectivity index (χ2n) is 4.09. The van der Waals surface area contributed by atoms with Crippen LogP contribution in [0.4, 0.5) is 5.82 Å². The Labute approximate surface area is 106 Å². The van der Waals surface area contributed by atoms with Crippen LogP contribution in [-0.4, -0.2) is 36.5 Å². The van der Waals surface area contributed by atoms with Gasteiger partial charge in [0.1, 0.15) is 17.3 Å². The summed E-state index contributed by atoms with van der Waals surface area (Å²) in [5, 5.41) is 3.01. The molecule has 5 nitrogen and oxygen atoms in total. The molecule has 0 radical (unpaired) electrons. The molecule has 1 amide bonds. The highest BCUT2D eigenvalue weighted by Gasteiger charge is 2.17. The van der Waals surface area contributed by atoms with Crippen molar-refractivity contribution >= 4 is 23.3 Å². The van der Waals surface area contributed by atoms with E-state index >= 15 is 0 Å². The molecule has 0 aromatic carbocycles. The molecule has 17 heavy (non-hydrogen) atoms. The van der Waals surface area contributed by atoms with E-state index in [1.807, 2.05) is 13.8 Å². The van der Waals surface area contributed by atoms with E-state index in [4.69, 9.17) is 11.6 Å². The standard InChI is InChI=1S/C11H17ClN4O/c1-7(2)9-10(12)14-6-15-11(9)16(4)5-8(17)13-3/h6-7H,5H2,1-4H3,(H,13,17). The lowest BCUT2D eigenvalue weighted by Gasteiger charge is -2.22. The summed E-state index contributed by atoms with van der Waals surface area (Å²) in [6, 6.07) is 0. The minimum atomic E-state index is -0.0723. The number of halogens is 1. The highest BCUT2D eigenvalue weighted by molar-refractivity contribution is 6.30. The van der Waals surface area contributed by atoms with Crippen LogP contribution in [0.15, 0.2) is 6.33 Å². The molecular formula is C11H17ClN4O. The van der Waals surface area contributed by atoms with Gasteiger partial charge in [-0.3, -0.25) is 4.79 Å². The number of hydrogen-bond donors (Lipinski definition) is 1. The van der Waals surface area contributed by atoms with E-state index in [0.717, 1.165) is 5.56 Å². The lowest BCUT2D eigenvalue weighted by molar-refractivity contribution is -0.119. The van der Waals surface area contributed by atoms with Crippen LogP contribution in [0.5, 0.6) is 0 Å². The normalized spacial score (nSPS) is 10.5. The van der Waals surface area contributed by atoms with Crippen LogP contribution >= 0.6 is 11.6 Å². The van der Waals surface area contributed by atoms with E-state index in [1.54, 1.807) is 19.0 Å². The van der Waals surface area contributed by atoms with Crippen LogP contribution in [0.2, 0.25) is 5.15 Å². The quantitative estimate of drug-likeness (QED) is 0.828. The fourth-order valence-corrected chi connectivity index (χ4v) is 1.88. The number of amides is 1. The number of carbonyl (C=O) groups is 1. The predicted octanol–water partition coefficient (Wildman–Crippen LogP) is 1.44. The lowest BCUT2D eigenvalue weighted by atomic mass is 10.1. The Hall–Kier alpha value is -1.36. The third kappa shape index (κ3) is 3.30. The molecule has 0 saturated carbocycles. The Bertz CT molecular complexity index is 408. The molecule has 0 fully saturated rings. The number of nitrogens with zero attached hydrogens (tertiary/aromatic N) is 3. The summed E-state index contributed by atoms with van der Waals surface area (Å²) in [4.78, 5) is 21.3. The minimum Gasteiger partial charge on any atom is -0.358 e. The molecule has 1 rings (SSSR count). The van der Waals surface area contributed by atoms with Crippen molar-refractivity contribution in [2.75, 3.05) is 25.5 Å². The third-order valence-electron chi connectivity index (χ3n) is 2.41. The van der Waals surface area contributed by atoms with Gasteiger partial charge in [0, 0.05) is 19.7 Å². The maximum Gasteiger partial charge on any atom is 0.239 e. The van der Waals surface area contributed by atoms with Crippen LogP contribution in [0.3, 0.4) is 0 Å². The SMILES string of the molecule is CNC(=O)CN(C)c1ncnc(Cl)c1C(C)C. The largest absolute Gasteiger partial charge is 0.358 e. The van der Waals surface area contributed by atoms with E-state index in [9.17, 15) is 4.79 Å². The first kappa shape index (κ1) is 13.7. The smallest absolute Gasteiger partial charge is 0.239 e. The monoisotopic (exact) mass is 256 g/mol. The topological polar surface area (TPSA) is 58.1 Å². The van der Waals surface area contributed by atoms with Crippen molar-refractivity contribution in [3.63, 3.8) is 0 Å². The number of carbonyl (C=O) groups excluding carboxylic acids is 1. The van der Waals surface area contributed by atoms with E-state index in [2.05, 4.69) is 15.3 Å². The van der Waals surface area contributed by atoms with Gasteiger partial charge in [-0.25, -0.2) is 9.97 Å². The van der Waals surface area contributed by atoms with Crippen LogP contribution in [0.1, 0.15) is 25.3 Å². The Morgan fingerprint density at radius 2 is 2.18 bits per heavy atom. The van der Waals surface area contributed by atoms with Gasteiger partial charge in [-0.1, -0.05) is 25.4 Å². The molecule has 0 saturated heterocycles. The summed E-state index contributed by atoms with van der Waals surface area (Å²) < 4.78 is 0. The maximum absolute atomic E-state index is 11.3. The molecule has 6 heteroatoms. The second-order valence-corrected chi connectivity index (χ2v) is 4.44. The first-order valence-corrected chi connectivity index (χ1v) is 5.77. The number of likely N-dealkylation sites (N-methyl/N-ethyl adjacent to an activating group) is 2. The number of hydrogen-bond acceptors (Lipinski definition) is 4. The number of nitrogens with one attached hydrogen (secondary N) is 1. The van der Waals surface area contributed by atoms with Crippen LogP contribution < -0.4 is 10.2 Å². The van der Waals surface area contributed by atoms with Gasteiger partial charge in [0.25, 0.3) is 0 Å². The molecule has 1 aromatic heterocycles. The molecule has 0 aliphatic rings. The van der Waals surface area contributed by atoms with Gasteiger partial charge in [0.05, 0.1) is 6.54 Å². The molecule has 0 aliphatic carbocycles. The molecule has 94 valence electrons. The highest BCUT2D eigenvalue weighted by Crippen LogP contribution is 2.29. The van der Waals surface area contributed by atoms with E-state index in [1.165, 1.54) is 6.33 Å². The van der Waals surface area contributed by atoms with Crippen molar-refractivity contribution in [2.45, 2.75) is 19.8 Å². The van der Waals surface area contributed by atoms with Gasteiger partial charge in [0.2, 0.25) is 5.91 Å². The zero-order valence-electron chi connectivity index (χ0n) is 10.5. The molecule has 0 bridgehead atoms. The highest BCUT2D eigenvalue weighted by atomic mass is 35.5. The fraction of sp³-hybridized carbons (Fsp3) is 0.545. The van der Waals surface area contributed by atoms with E-state index < -0.39 is 0 Å². The van der Waals surface area contributed by atoms with Crippen molar-refractivity contribution in [1.29, 1.82) is 0 Å². The third-order valence-corrected chi connectivity index (χ3v) is 2.71. The molecular weight excluding hydrogens is 240 g/mol. The number of anilines is 1. The van der Waals surface area contributed by atoms with Gasteiger partial charge in [-0.05, 0) is 5.92 Å². The zero-order valence-corrected chi connectivity index (χ0v) is 11.2. The maximum atomic E-state index is 11.3. The Balaban J connectivity index is 3.04. The van der Waals surface area contributed by atoms with Crippen LogP contribution in [0, 0.1) is 0 Å². The Morgan fingerprint density at radius 3 is 2.71 bits per heavy atom. The zero-order chi connectivity index (χ0) is 13.0. The molecule has 1 N–H and O–H groups in total. The van der Waals surface area contributed by atoms with Crippen molar-refractivity contribution in [2.24, 2.45) is 0 Å². The second kappa shape index (κ2) is 5.82. The molecule has 1 aromatic rings. The average Bonchev–Trinajstić information content (AvgIpc) is 2.27. The molecule has 0 spiro atoms. The Morgan fingerprint density at radius 1 is 1.53 bits per heavy atom. The van der Waals surface area contributed by atoms with Crippen molar-refractivity contribution in [3.8, 4) is 0 Å². The minimum absolute atomic E-state index is 0.0723. The number of aromatic nitrogens is 2. The van der Waals surface area contributed by atoms with Gasteiger partial charge in [0.15, 0.2) is 0 Å². The molecule has 0 atom stereocenters. The van der Waals surface area contributed by atoms with Crippen LogP contribution in [0.25, 0.3) is 0 Å². The van der Waals surface area contributed by atoms with Crippen molar-refractivity contribution in [3.05, 3.63) is 17.0 Å². The fourth-order valence-electron chi connectivity index (χ4n) is 1.54. The Kier molecular flexibility index (Phi) is 4.69. The summed E-state index contributed by atoms with van der Waals surface area (Å²) in [5.74, 6) is 0.825. The van der Waals surface area contributed by atoms with Gasteiger partial charge in [-0.15, -0.1) is 0 Å². The predicted molar refractivity (Wildman–Crippen MR) is 68.5 cm³/mol. The summed E-state index contributed by atoms with van der Waals surface area (Å²) in [6.45, 7) is 4.27. The summed E-state index contributed by atoms with van der Waals surface area (Å²) in [6.07, 6.45) is 1.41. The van der Waals surface area contributed by atoms with Crippen molar-refractivity contribution < 1.29 is 4.79 Å². The van der Waals surface area contributed by atoms with Gasteiger partial charge in [-0.2, -0.15) is 0 Å². The first-order valence-electron chi connectivity index (χ1n) is 5.39. The summed E-state index contributed by atoms with van der Waals surface area (Å²) >= 11 is 6.06. The van der Waals surface area contributed by atoms with Gasteiger partial charge >= 0.3 is 0 Å². The lowest BCUT2D eigenvalue weighted by Crippen LogP contribution is -2.34. The summed E-state index contributed by atoms with van der Waals surface area (Å²) in [7, 11) is 3.41. The van der Waals surface area contributed by atoms with Crippen LogP contribution in [-0.2, 0) is 4.79 Å².